The summed E-state index contributed by atoms with van der Waals surface area (Å²) in [7, 11) is 2.10. The molecule has 0 atom stereocenters. The van der Waals surface area contributed by atoms with E-state index in [9.17, 15) is 4.79 Å². The molecule has 0 spiro atoms. The molecule has 2 aromatic carbocycles. The third-order valence-corrected chi connectivity index (χ3v) is 4.91. The van der Waals surface area contributed by atoms with Crippen LogP contribution in [0.3, 0.4) is 0 Å². The van der Waals surface area contributed by atoms with Crippen LogP contribution in [0.4, 0.5) is 17.1 Å². The molecule has 1 amide bonds. The van der Waals surface area contributed by atoms with Crippen LogP contribution in [0.15, 0.2) is 54.6 Å². The van der Waals surface area contributed by atoms with Gasteiger partial charge in [-0.25, -0.2) is 0 Å². The van der Waals surface area contributed by atoms with Crippen LogP contribution in [0.25, 0.3) is 0 Å². The Hall–Kier alpha value is -2.60. The highest BCUT2D eigenvalue weighted by atomic mass is 32.1. The van der Waals surface area contributed by atoms with Gasteiger partial charge in [0.1, 0.15) is 0 Å². The van der Waals surface area contributed by atoms with E-state index in [4.69, 9.17) is 12.2 Å². The first-order valence-electron chi connectivity index (χ1n) is 9.35. The van der Waals surface area contributed by atoms with Crippen molar-refractivity contribution in [2.24, 2.45) is 0 Å². The molecule has 1 saturated heterocycles. The average molecular weight is 383 g/mol. The fraction of sp³-hybridized carbons (Fsp3) is 0.333. The first-order chi connectivity index (χ1) is 13.1. The Morgan fingerprint density at radius 3 is 2.56 bits per heavy atom. The van der Waals surface area contributed by atoms with Crippen molar-refractivity contribution in [1.29, 1.82) is 0 Å². The number of carbonyl (C=O) groups is 1. The lowest BCUT2D eigenvalue weighted by Crippen LogP contribution is -2.31. The summed E-state index contributed by atoms with van der Waals surface area (Å²) < 4.78 is 0. The van der Waals surface area contributed by atoms with Crippen molar-refractivity contribution in [3.8, 4) is 0 Å². The maximum Gasteiger partial charge on any atom is 0.227 e. The molecule has 1 aliphatic rings. The number of carbonyl (C=O) groups excluding carboxylic acids is 1. The van der Waals surface area contributed by atoms with Crippen LogP contribution >= 0.6 is 12.2 Å². The molecule has 0 unspecified atom stereocenters. The van der Waals surface area contributed by atoms with Gasteiger partial charge in [-0.1, -0.05) is 18.2 Å². The highest BCUT2D eigenvalue weighted by Gasteiger charge is 2.21. The molecule has 0 saturated carbocycles. The van der Waals surface area contributed by atoms with Crippen molar-refractivity contribution < 1.29 is 4.79 Å². The molecule has 0 radical (unpaired) electrons. The second-order valence-electron chi connectivity index (χ2n) is 6.69. The molecule has 1 heterocycles. The molecule has 2 N–H and O–H groups in total. The zero-order valence-corrected chi connectivity index (χ0v) is 16.5. The van der Waals surface area contributed by atoms with Crippen LogP contribution < -0.4 is 20.4 Å². The zero-order valence-electron chi connectivity index (χ0n) is 15.6. The fourth-order valence-electron chi connectivity index (χ4n) is 3.15. The molecular weight excluding hydrogens is 356 g/mol. The van der Waals surface area contributed by atoms with E-state index < -0.39 is 0 Å². The number of hydrogen-bond acceptors (Lipinski definition) is 3. The number of nitrogens with one attached hydrogen (secondary N) is 2. The molecule has 27 heavy (non-hydrogen) atoms. The number of benzene rings is 2. The van der Waals surface area contributed by atoms with Crippen LogP contribution in [-0.2, 0) is 4.79 Å². The van der Waals surface area contributed by atoms with Gasteiger partial charge in [0.15, 0.2) is 5.11 Å². The second-order valence-corrected chi connectivity index (χ2v) is 7.10. The van der Waals surface area contributed by atoms with Crippen LogP contribution in [0, 0.1) is 0 Å². The minimum atomic E-state index is 0.202. The van der Waals surface area contributed by atoms with Gasteiger partial charge >= 0.3 is 0 Å². The maximum absolute atomic E-state index is 11.8. The summed E-state index contributed by atoms with van der Waals surface area (Å²) in [6.07, 6.45) is 2.57. The number of para-hydroxylation sites is 1. The van der Waals surface area contributed by atoms with Crippen LogP contribution in [-0.4, -0.2) is 37.7 Å². The average Bonchev–Trinajstić information content (AvgIpc) is 3.12. The van der Waals surface area contributed by atoms with Crippen molar-refractivity contribution in [2.75, 3.05) is 41.8 Å². The lowest BCUT2D eigenvalue weighted by Gasteiger charge is -2.19. The van der Waals surface area contributed by atoms with Crippen molar-refractivity contribution in [1.82, 2.24) is 5.32 Å². The summed E-state index contributed by atoms with van der Waals surface area (Å²) in [5.41, 5.74) is 3.09. The highest BCUT2D eigenvalue weighted by Crippen LogP contribution is 2.23. The predicted molar refractivity (Wildman–Crippen MR) is 117 cm³/mol. The molecule has 1 aliphatic heterocycles. The van der Waals surface area contributed by atoms with Crippen molar-refractivity contribution in [3.05, 3.63) is 54.6 Å². The largest absolute Gasteiger partial charge is 0.375 e. The van der Waals surface area contributed by atoms with E-state index in [0.29, 0.717) is 11.5 Å². The minimum Gasteiger partial charge on any atom is -0.375 e. The molecule has 3 rings (SSSR count). The second kappa shape index (κ2) is 9.37. The van der Waals surface area contributed by atoms with Gasteiger partial charge in [0.05, 0.1) is 0 Å². The van der Waals surface area contributed by atoms with E-state index in [0.717, 1.165) is 43.9 Å². The van der Waals surface area contributed by atoms with Crippen LogP contribution in [0.5, 0.6) is 0 Å². The van der Waals surface area contributed by atoms with Gasteiger partial charge in [0, 0.05) is 50.2 Å². The Labute approximate surface area is 166 Å². The van der Waals surface area contributed by atoms with Gasteiger partial charge in [-0.3, -0.25) is 4.79 Å². The van der Waals surface area contributed by atoms with Gasteiger partial charge in [0.2, 0.25) is 5.91 Å². The molecule has 0 bridgehead atoms. The summed E-state index contributed by atoms with van der Waals surface area (Å²) in [6.45, 7) is 2.57. The monoisotopic (exact) mass is 382 g/mol. The number of thiocarbonyl (C=S) groups is 1. The standard InChI is InChI=1S/C21H26N4OS/c1-24(18-7-3-2-4-8-18)15-6-14-22-21(27)23-17-10-12-19(13-11-17)25-16-5-9-20(25)26/h2-4,7-8,10-13H,5-6,9,14-16H2,1H3,(H2,22,23,27). The summed E-state index contributed by atoms with van der Waals surface area (Å²) >= 11 is 5.37. The Kier molecular flexibility index (Phi) is 6.65. The summed E-state index contributed by atoms with van der Waals surface area (Å²) in [5, 5.41) is 7.05. The molecule has 0 aromatic heterocycles. The van der Waals surface area contributed by atoms with E-state index in [1.54, 1.807) is 0 Å². The van der Waals surface area contributed by atoms with Gasteiger partial charge in [0.25, 0.3) is 0 Å². The number of amides is 1. The van der Waals surface area contributed by atoms with Crippen molar-refractivity contribution in [3.63, 3.8) is 0 Å². The normalized spacial score (nSPS) is 13.5. The van der Waals surface area contributed by atoms with E-state index in [2.05, 4.69) is 34.7 Å². The number of nitrogens with zero attached hydrogens (tertiary/aromatic N) is 2. The van der Waals surface area contributed by atoms with E-state index >= 15 is 0 Å². The highest BCUT2D eigenvalue weighted by molar-refractivity contribution is 7.80. The predicted octanol–water partition coefficient (Wildman–Crippen LogP) is 3.63. The molecule has 0 aliphatic carbocycles. The Bertz CT molecular complexity index is 764. The summed E-state index contributed by atoms with van der Waals surface area (Å²) in [6, 6.07) is 18.2. The van der Waals surface area contributed by atoms with Crippen molar-refractivity contribution in [2.45, 2.75) is 19.3 Å². The maximum atomic E-state index is 11.8. The summed E-state index contributed by atoms with van der Waals surface area (Å²) in [4.78, 5) is 15.9. The summed E-state index contributed by atoms with van der Waals surface area (Å²) in [5.74, 6) is 0.202. The first-order valence-corrected chi connectivity index (χ1v) is 9.76. The minimum absolute atomic E-state index is 0.202. The molecule has 6 heteroatoms. The van der Waals surface area contributed by atoms with E-state index in [1.807, 2.05) is 47.4 Å². The Morgan fingerprint density at radius 2 is 1.89 bits per heavy atom. The van der Waals surface area contributed by atoms with Gasteiger partial charge in [-0.15, -0.1) is 0 Å². The van der Waals surface area contributed by atoms with E-state index in [1.165, 1.54) is 5.69 Å². The molecule has 142 valence electrons. The molecule has 1 fully saturated rings. The lowest BCUT2D eigenvalue weighted by molar-refractivity contribution is -0.117. The quantitative estimate of drug-likeness (QED) is 0.566. The topological polar surface area (TPSA) is 47.6 Å². The molecular formula is C21H26N4OS. The lowest BCUT2D eigenvalue weighted by atomic mass is 10.2. The first kappa shape index (κ1) is 19.2. The van der Waals surface area contributed by atoms with Crippen molar-refractivity contribution >= 4 is 40.3 Å². The Balaban J connectivity index is 1.38. The third kappa shape index (κ3) is 5.44. The fourth-order valence-corrected chi connectivity index (χ4v) is 3.37. The SMILES string of the molecule is CN(CCCNC(=S)Nc1ccc(N2CCCC2=O)cc1)c1ccccc1. The number of hydrogen-bond donors (Lipinski definition) is 2. The van der Waals surface area contributed by atoms with Crippen LogP contribution in [0.2, 0.25) is 0 Å². The van der Waals surface area contributed by atoms with Crippen LogP contribution in [0.1, 0.15) is 19.3 Å². The van der Waals surface area contributed by atoms with Gasteiger partial charge in [-0.2, -0.15) is 0 Å². The van der Waals surface area contributed by atoms with Gasteiger partial charge < -0.3 is 20.4 Å². The van der Waals surface area contributed by atoms with E-state index in [-0.39, 0.29) is 5.91 Å². The molecule has 5 nitrogen and oxygen atoms in total. The zero-order chi connectivity index (χ0) is 19.1. The number of anilines is 3. The Morgan fingerprint density at radius 1 is 1.15 bits per heavy atom. The van der Waals surface area contributed by atoms with Gasteiger partial charge in [-0.05, 0) is 61.5 Å². The smallest absolute Gasteiger partial charge is 0.227 e. The number of rotatable bonds is 7. The molecule has 2 aromatic rings. The third-order valence-electron chi connectivity index (χ3n) is 4.66.